The van der Waals surface area contributed by atoms with Crippen LogP contribution in [-0.2, 0) is 19.7 Å². The molecule has 0 heterocycles. The lowest BCUT2D eigenvalue weighted by Gasteiger charge is -2.08. The van der Waals surface area contributed by atoms with Crippen LogP contribution in [0.15, 0.2) is 82.6 Å². The maximum absolute atomic E-state index is 12.2. The molecule has 0 saturated carbocycles. The van der Waals surface area contributed by atoms with Gasteiger partial charge >= 0.3 is 0 Å². The van der Waals surface area contributed by atoms with Gasteiger partial charge in [-0.15, -0.1) is 0 Å². The van der Waals surface area contributed by atoms with Gasteiger partial charge in [0.1, 0.15) is 0 Å². The number of sulfone groups is 2. The Kier molecular flexibility index (Phi) is 4.83. The van der Waals surface area contributed by atoms with Crippen LogP contribution >= 0.6 is 0 Å². The second-order valence-electron chi connectivity index (χ2n) is 4.89. The summed E-state index contributed by atoms with van der Waals surface area (Å²) in [5.74, 6) is -0.772. The fraction of sp³-hybridized carbons (Fsp3) is 0.125. The molecule has 0 aliphatic heterocycles. The fourth-order valence-corrected chi connectivity index (χ4v) is 4.89. The summed E-state index contributed by atoms with van der Waals surface area (Å²) in [4.78, 5) is 0.321. The van der Waals surface area contributed by atoms with Crippen molar-refractivity contribution >= 4 is 19.7 Å². The molecular weight excluding hydrogens is 320 g/mol. The zero-order chi connectivity index (χ0) is 16.2. The molecule has 2 aromatic carbocycles. The SMILES string of the molecule is C=C(CS(=O)(=O)c1ccccc1)CS(=O)(=O)c1ccccc1. The molecule has 0 unspecified atom stereocenters. The summed E-state index contributed by atoms with van der Waals surface area (Å²) in [5, 5.41) is 0. The van der Waals surface area contributed by atoms with E-state index < -0.39 is 19.7 Å². The molecule has 0 aliphatic rings. The van der Waals surface area contributed by atoms with Crippen molar-refractivity contribution in [3.05, 3.63) is 72.8 Å². The molecule has 0 N–H and O–H groups in total. The molecular formula is C16H16O4S2. The minimum absolute atomic E-state index is 0.146. The quantitative estimate of drug-likeness (QED) is 0.760. The van der Waals surface area contributed by atoms with Gasteiger partial charge in [0.05, 0.1) is 21.3 Å². The monoisotopic (exact) mass is 336 g/mol. The molecule has 0 radical (unpaired) electrons. The summed E-state index contributed by atoms with van der Waals surface area (Å²) < 4.78 is 48.8. The van der Waals surface area contributed by atoms with E-state index in [-0.39, 0.29) is 26.9 Å². The van der Waals surface area contributed by atoms with Gasteiger partial charge in [0.2, 0.25) is 0 Å². The van der Waals surface area contributed by atoms with Crippen molar-refractivity contribution in [2.45, 2.75) is 9.79 Å². The van der Waals surface area contributed by atoms with Gasteiger partial charge in [-0.25, -0.2) is 16.8 Å². The standard InChI is InChI=1S/C16H16O4S2/c1-14(12-21(17,18)15-8-4-2-5-9-15)13-22(19,20)16-10-6-3-7-11-16/h2-11H,1,12-13H2. The van der Waals surface area contributed by atoms with Crippen LogP contribution in [0.1, 0.15) is 0 Å². The van der Waals surface area contributed by atoms with Gasteiger partial charge in [-0.3, -0.25) is 0 Å². The van der Waals surface area contributed by atoms with Crippen molar-refractivity contribution < 1.29 is 16.8 Å². The molecule has 6 heteroatoms. The van der Waals surface area contributed by atoms with Crippen molar-refractivity contribution in [3.63, 3.8) is 0 Å². The van der Waals surface area contributed by atoms with E-state index in [1.54, 1.807) is 36.4 Å². The van der Waals surface area contributed by atoms with E-state index in [4.69, 9.17) is 0 Å². The van der Waals surface area contributed by atoms with E-state index in [1.807, 2.05) is 0 Å². The van der Waals surface area contributed by atoms with Crippen LogP contribution in [0, 0.1) is 0 Å². The molecule has 22 heavy (non-hydrogen) atoms. The number of hydrogen-bond donors (Lipinski definition) is 0. The van der Waals surface area contributed by atoms with Crippen LogP contribution in [0.2, 0.25) is 0 Å². The lowest BCUT2D eigenvalue weighted by molar-refractivity contribution is 0.596. The van der Waals surface area contributed by atoms with E-state index in [9.17, 15) is 16.8 Å². The van der Waals surface area contributed by atoms with Crippen LogP contribution in [0.3, 0.4) is 0 Å². The Morgan fingerprint density at radius 1 is 0.682 bits per heavy atom. The molecule has 0 aromatic heterocycles. The van der Waals surface area contributed by atoms with Crippen LogP contribution in [0.5, 0.6) is 0 Å². The van der Waals surface area contributed by atoms with Gasteiger partial charge in [-0.1, -0.05) is 43.0 Å². The topological polar surface area (TPSA) is 68.3 Å². The van der Waals surface area contributed by atoms with Gasteiger partial charge in [0.25, 0.3) is 0 Å². The highest BCUT2D eigenvalue weighted by atomic mass is 32.2. The zero-order valence-electron chi connectivity index (χ0n) is 11.8. The molecule has 0 amide bonds. The van der Waals surface area contributed by atoms with Crippen molar-refractivity contribution in [1.29, 1.82) is 0 Å². The highest BCUT2D eigenvalue weighted by Gasteiger charge is 2.21. The normalized spacial score (nSPS) is 12.0. The third-order valence-electron chi connectivity index (χ3n) is 2.99. The van der Waals surface area contributed by atoms with E-state index in [0.29, 0.717) is 0 Å². The second kappa shape index (κ2) is 6.46. The zero-order valence-corrected chi connectivity index (χ0v) is 13.5. The van der Waals surface area contributed by atoms with E-state index in [2.05, 4.69) is 6.58 Å². The molecule has 0 spiro atoms. The van der Waals surface area contributed by atoms with E-state index in [1.165, 1.54) is 24.3 Å². The first-order chi connectivity index (χ1) is 10.3. The molecule has 0 atom stereocenters. The summed E-state index contributed by atoms with van der Waals surface area (Å²) >= 11 is 0. The first-order valence-corrected chi connectivity index (χ1v) is 9.84. The lowest BCUT2D eigenvalue weighted by Crippen LogP contribution is -2.15. The Morgan fingerprint density at radius 2 is 1.00 bits per heavy atom. The molecule has 0 fully saturated rings. The largest absolute Gasteiger partial charge is 0.223 e. The Morgan fingerprint density at radius 3 is 1.32 bits per heavy atom. The highest BCUT2D eigenvalue weighted by molar-refractivity contribution is 7.92. The van der Waals surface area contributed by atoms with Crippen LogP contribution in [0.25, 0.3) is 0 Å². The smallest absolute Gasteiger partial charge is 0.182 e. The van der Waals surface area contributed by atoms with Crippen molar-refractivity contribution in [1.82, 2.24) is 0 Å². The first kappa shape index (κ1) is 16.5. The predicted octanol–water partition coefficient (Wildman–Crippen LogP) is 2.49. The Hall–Kier alpha value is -1.92. The van der Waals surface area contributed by atoms with Gasteiger partial charge < -0.3 is 0 Å². The Balaban J connectivity index is 2.14. The second-order valence-corrected chi connectivity index (χ2v) is 8.87. The maximum Gasteiger partial charge on any atom is 0.182 e. The summed E-state index contributed by atoms with van der Waals surface area (Å²) in [6, 6.07) is 15.8. The maximum atomic E-state index is 12.2. The van der Waals surface area contributed by atoms with Gasteiger partial charge in [0.15, 0.2) is 19.7 Å². The third-order valence-corrected chi connectivity index (χ3v) is 6.55. The highest BCUT2D eigenvalue weighted by Crippen LogP contribution is 2.17. The van der Waals surface area contributed by atoms with Gasteiger partial charge in [-0.05, 0) is 29.8 Å². The van der Waals surface area contributed by atoms with Gasteiger partial charge in [-0.2, -0.15) is 0 Å². The minimum atomic E-state index is -3.58. The average Bonchev–Trinajstić information content (AvgIpc) is 2.48. The fourth-order valence-electron chi connectivity index (χ4n) is 2.00. The Labute approximate surface area is 131 Å². The van der Waals surface area contributed by atoms with E-state index >= 15 is 0 Å². The number of hydrogen-bond acceptors (Lipinski definition) is 4. The van der Waals surface area contributed by atoms with Crippen molar-refractivity contribution in [3.8, 4) is 0 Å². The number of rotatable bonds is 6. The van der Waals surface area contributed by atoms with Crippen LogP contribution < -0.4 is 0 Å². The molecule has 116 valence electrons. The summed E-state index contributed by atoms with van der Waals surface area (Å²) in [6.07, 6.45) is 0. The summed E-state index contributed by atoms with van der Waals surface area (Å²) in [5.41, 5.74) is 0.146. The molecule has 2 aromatic rings. The van der Waals surface area contributed by atoms with Crippen molar-refractivity contribution in [2.75, 3.05) is 11.5 Å². The van der Waals surface area contributed by atoms with Crippen molar-refractivity contribution in [2.24, 2.45) is 0 Å². The summed E-state index contributed by atoms with van der Waals surface area (Å²) in [6.45, 7) is 3.62. The Bertz CT molecular complexity index is 779. The van der Waals surface area contributed by atoms with Gasteiger partial charge in [0, 0.05) is 0 Å². The van der Waals surface area contributed by atoms with E-state index in [0.717, 1.165) is 0 Å². The third kappa shape index (κ3) is 4.05. The predicted molar refractivity (Wildman–Crippen MR) is 86.1 cm³/mol. The van der Waals surface area contributed by atoms with Crippen LogP contribution in [-0.4, -0.2) is 28.3 Å². The molecule has 0 aliphatic carbocycles. The molecule has 4 nitrogen and oxygen atoms in total. The first-order valence-electron chi connectivity index (χ1n) is 6.53. The average molecular weight is 336 g/mol. The minimum Gasteiger partial charge on any atom is -0.223 e. The number of benzene rings is 2. The molecule has 0 saturated heterocycles. The summed E-state index contributed by atoms with van der Waals surface area (Å²) in [7, 11) is -7.16. The van der Waals surface area contributed by atoms with Crippen LogP contribution in [0.4, 0.5) is 0 Å². The molecule has 0 bridgehead atoms. The lowest BCUT2D eigenvalue weighted by atomic mass is 10.4. The molecule has 2 rings (SSSR count).